The lowest BCUT2D eigenvalue weighted by Crippen LogP contribution is -2.45. The molecule has 3 rings (SSSR count). The Morgan fingerprint density at radius 1 is 1.22 bits per heavy atom. The van der Waals surface area contributed by atoms with E-state index in [1.54, 1.807) is 4.90 Å². The third kappa shape index (κ3) is 5.23. The first-order valence-corrected chi connectivity index (χ1v) is 11.7. The van der Waals surface area contributed by atoms with Gasteiger partial charge >= 0.3 is 0 Å². The fourth-order valence-corrected chi connectivity index (χ4v) is 5.49. The number of hydrogen-bond acceptors (Lipinski definition) is 4. The molecule has 27 heavy (non-hydrogen) atoms. The van der Waals surface area contributed by atoms with E-state index in [-0.39, 0.29) is 36.0 Å². The predicted octanol–water partition coefficient (Wildman–Crippen LogP) is 3.65. The van der Waals surface area contributed by atoms with E-state index in [9.17, 15) is 13.2 Å². The van der Waals surface area contributed by atoms with Gasteiger partial charge in [0.25, 0.3) is 5.91 Å². The molecule has 0 radical (unpaired) electrons. The van der Waals surface area contributed by atoms with Crippen LogP contribution in [0.1, 0.15) is 20.3 Å². The summed E-state index contributed by atoms with van der Waals surface area (Å²) in [6.45, 7) is 4.48. The molecule has 7 heteroatoms. The number of halogens is 1. The highest BCUT2D eigenvalue weighted by molar-refractivity contribution is 9.10. The number of nitrogens with zero attached hydrogens (tertiary/aromatic N) is 1. The molecule has 1 aliphatic rings. The predicted molar refractivity (Wildman–Crippen MR) is 111 cm³/mol. The molecule has 0 aliphatic carbocycles. The van der Waals surface area contributed by atoms with Gasteiger partial charge in [0.15, 0.2) is 16.4 Å². The quantitative estimate of drug-likeness (QED) is 0.669. The molecule has 1 heterocycles. The van der Waals surface area contributed by atoms with Gasteiger partial charge < -0.3 is 9.64 Å². The maximum Gasteiger partial charge on any atom is 0.260 e. The molecule has 1 amide bonds. The van der Waals surface area contributed by atoms with Crippen molar-refractivity contribution in [2.75, 3.05) is 24.7 Å². The summed E-state index contributed by atoms with van der Waals surface area (Å²) in [6, 6.07) is 11.4. The van der Waals surface area contributed by atoms with Crippen molar-refractivity contribution in [1.82, 2.24) is 4.90 Å². The maximum atomic E-state index is 12.8. The number of sulfone groups is 1. The van der Waals surface area contributed by atoms with E-state index < -0.39 is 9.84 Å². The monoisotopic (exact) mass is 453 g/mol. The molecule has 0 aromatic heterocycles. The normalized spacial score (nSPS) is 18.7. The van der Waals surface area contributed by atoms with Crippen LogP contribution in [0.5, 0.6) is 5.75 Å². The lowest BCUT2D eigenvalue weighted by molar-refractivity contribution is -0.135. The number of amides is 1. The van der Waals surface area contributed by atoms with Crippen LogP contribution in [0, 0.1) is 5.92 Å². The number of ether oxygens (including phenoxy) is 1. The molecule has 146 valence electrons. The second-order valence-electron chi connectivity index (χ2n) is 7.44. The number of carbonyl (C=O) groups is 1. The van der Waals surface area contributed by atoms with Gasteiger partial charge in [0.05, 0.1) is 11.5 Å². The fourth-order valence-electron chi connectivity index (χ4n) is 3.38. The molecule has 1 fully saturated rings. The van der Waals surface area contributed by atoms with E-state index in [4.69, 9.17) is 4.74 Å². The smallest absolute Gasteiger partial charge is 0.260 e. The van der Waals surface area contributed by atoms with E-state index in [2.05, 4.69) is 15.9 Å². The van der Waals surface area contributed by atoms with Gasteiger partial charge in [-0.3, -0.25) is 4.79 Å². The van der Waals surface area contributed by atoms with Crippen molar-refractivity contribution < 1.29 is 17.9 Å². The molecule has 0 bridgehead atoms. The molecule has 1 aliphatic heterocycles. The lowest BCUT2D eigenvalue weighted by Gasteiger charge is -2.30. The highest BCUT2D eigenvalue weighted by Gasteiger charge is 2.34. The van der Waals surface area contributed by atoms with E-state index in [0.717, 1.165) is 15.2 Å². The Kier molecular flexibility index (Phi) is 6.11. The van der Waals surface area contributed by atoms with Crippen LogP contribution in [-0.4, -0.2) is 49.9 Å². The van der Waals surface area contributed by atoms with Gasteiger partial charge in [-0.05, 0) is 47.4 Å². The number of rotatable bonds is 6. The van der Waals surface area contributed by atoms with Crippen LogP contribution in [0.25, 0.3) is 10.8 Å². The highest BCUT2D eigenvalue weighted by atomic mass is 79.9. The van der Waals surface area contributed by atoms with Crippen LogP contribution in [0.15, 0.2) is 40.9 Å². The molecule has 2 aromatic rings. The first kappa shape index (κ1) is 20.1. The summed E-state index contributed by atoms with van der Waals surface area (Å²) in [7, 11) is -3.04. The van der Waals surface area contributed by atoms with Gasteiger partial charge in [-0.1, -0.05) is 41.9 Å². The van der Waals surface area contributed by atoms with Crippen LogP contribution in [0.2, 0.25) is 0 Å². The minimum atomic E-state index is -3.04. The second kappa shape index (κ2) is 8.19. The zero-order chi connectivity index (χ0) is 19.6. The highest BCUT2D eigenvalue weighted by Crippen LogP contribution is 2.24. The Labute approximate surface area is 168 Å². The summed E-state index contributed by atoms with van der Waals surface area (Å²) < 4.78 is 30.4. The van der Waals surface area contributed by atoms with Crippen molar-refractivity contribution in [3.63, 3.8) is 0 Å². The number of carbonyl (C=O) groups excluding carboxylic acids is 1. The molecule has 1 atom stereocenters. The topological polar surface area (TPSA) is 63.7 Å². The minimum absolute atomic E-state index is 0.0519. The summed E-state index contributed by atoms with van der Waals surface area (Å²) in [6.07, 6.45) is 0.506. The molecule has 0 unspecified atom stereocenters. The molecular formula is C20H24BrNO4S. The molecule has 1 saturated heterocycles. The molecule has 0 saturated carbocycles. The van der Waals surface area contributed by atoms with E-state index in [1.165, 1.54) is 0 Å². The zero-order valence-electron chi connectivity index (χ0n) is 15.5. The van der Waals surface area contributed by atoms with Gasteiger partial charge in [0.1, 0.15) is 5.75 Å². The van der Waals surface area contributed by atoms with Crippen molar-refractivity contribution in [2.45, 2.75) is 26.3 Å². The summed E-state index contributed by atoms with van der Waals surface area (Å²) in [5.41, 5.74) is 0. The van der Waals surface area contributed by atoms with Crippen LogP contribution < -0.4 is 4.74 Å². The molecule has 5 nitrogen and oxygen atoms in total. The van der Waals surface area contributed by atoms with Crippen LogP contribution in [0.3, 0.4) is 0 Å². The van der Waals surface area contributed by atoms with Crippen molar-refractivity contribution in [2.24, 2.45) is 5.92 Å². The first-order valence-electron chi connectivity index (χ1n) is 9.05. The second-order valence-corrected chi connectivity index (χ2v) is 10.6. The largest absolute Gasteiger partial charge is 0.484 e. The van der Waals surface area contributed by atoms with Gasteiger partial charge in [-0.2, -0.15) is 0 Å². The molecule has 0 N–H and O–H groups in total. The average molecular weight is 454 g/mol. The zero-order valence-corrected chi connectivity index (χ0v) is 17.9. The van der Waals surface area contributed by atoms with Crippen LogP contribution >= 0.6 is 15.9 Å². The first-order chi connectivity index (χ1) is 12.7. The van der Waals surface area contributed by atoms with Gasteiger partial charge in [-0.15, -0.1) is 0 Å². The Morgan fingerprint density at radius 3 is 2.59 bits per heavy atom. The Morgan fingerprint density at radius 2 is 1.93 bits per heavy atom. The van der Waals surface area contributed by atoms with E-state index in [1.807, 2.05) is 50.2 Å². The maximum absolute atomic E-state index is 12.8. The summed E-state index contributed by atoms with van der Waals surface area (Å²) in [4.78, 5) is 14.4. The van der Waals surface area contributed by atoms with E-state index in [0.29, 0.717) is 18.7 Å². The molecule has 0 spiro atoms. The van der Waals surface area contributed by atoms with E-state index >= 15 is 0 Å². The Bertz CT molecular complexity index is 942. The average Bonchev–Trinajstić information content (AvgIpc) is 2.97. The van der Waals surface area contributed by atoms with Crippen molar-refractivity contribution in [3.8, 4) is 5.75 Å². The number of benzene rings is 2. The fraction of sp³-hybridized carbons (Fsp3) is 0.450. The number of fused-ring (bicyclic) bond motifs is 1. The summed E-state index contributed by atoms with van der Waals surface area (Å²) in [5, 5.41) is 2.12. The van der Waals surface area contributed by atoms with Gasteiger partial charge in [-0.25, -0.2) is 8.42 Å². The Balaban J connectivity index is 1.69. The Hall–Kier alpha value is -1.60. The SMILES string of the molecule is CC(C)CN(C(=O)COc1ccc2cc(Br)ccc2c1)[C@@H]1CCS(=O)(=O)C1. The standard InChI is InChI=1S/C20H24BrNO4S/c1-14(2)11-22(18-7-8-27(24,25)13-18)20(23)12-26-19-6-4-15-9-17(21)5-3-16(15)10-19/h3-6,9-10,14,18H,7-8,11-13H2,1-2H3/t18-/m1/s1. The number of hydrogen-bond donors (Lipinski definition) is 0. The third-order valence-electron chi connectivity index (χ3n) is 4.67. The van der Waals surface area contributed by atoms with Crippen LogP contribution in [0.4, 0.5) is 0 Å². The molecular weight excluding hydrogens is 430 g/mol. The molecule has 2 aromatic carbocycles. The lowest BCUT2D eigenvalue weighted by atomic mass is 10.1. The third-order valence-corrected chi connectivity index (χ3v) is 6.91. The van der Waals surface area contributed by atoms with Gasteiger partial charge in [0, 0.05) is 17.1 Å². The summed E-state index contributed by atoms with van der Waals surface area (Å²) in [5.74, 6) is 0.927. The minimum Gasteiger partial charge on any atom is -0.484 e. The van der Waals surface area contributed by atoms with Crippen LogP contribution in [-0.2, 0) is 14.6 Å². The van der Waals surface area contributed by atoms with Crippen molar-refractivity contribution in [3.05, 3.63) is 40.9 Å². The summed E-state index contributed by atoms with van der Waals surface area (Å²) >= 11 is 3.45. The van der Waals surface area contributed by atoms with Crippen molar-refractivity contribution >= 4 is 42.4 Å². The van der Waals surface area contributed by atoms with Gasteiger partial charge in [0.2, 0.25) is 0 Å². The van der Waals surface area contributed by atoms with Crippen molar-refractivity contribution in [1.29, 1.82) is 0 Å².